The number of H-pyrrole nitrogens is 1. The Morgan fingerprint density at radius 3 is 2.76 bits per heavy atom. The standard InChI is InChI=1S/C24H28N6O2.HI/c1-25-24(29(2)16-22-27-15-19(28-22)18-9-4-3-5-10-18)26-13-8-14-30-20-11-6-7-12-21(20)32-17-23(30)31;/h3-7,9-12,15H,8,13-14,16-17H2,1-2H3,(H,25,26)(H,27,28);1H. The van der Waals surface area contributed by atoms with Crippen LogP contribution >= 0.6 is 24.0 Å². The molecule has 4 rings (SSSR count). The highest BCUT2D eigenvalue weighted by Crippen LogP contribution is 2.31. The number of rotatable bonds is 7. The minimum Gasteiger partial charge on any atom is -0.482 e. The van der Waals surface area contributed by atoms with Gasteiger partial charge in [0.1, 0.15) is 11.6 Å². The van der Waals surface area contributed by atoms with Crippen LogP contribution in [0, 0.1) is 0 Å². The zero-order valence-corrected chi connectivity index (χ0v) is 21.2. The van der Waals surface area contributed by atoms with E-state index in [2.05, 4.69) is 32.4 Å². The van der Waals surface area contributed by atoms with Crippen molar-refractivity contribution in [1.82, 2.24) is 20.2 Å². The molecular formula is C24H29IN6O2. The van der Waals surface area contributed by atoms with Crippen molar-refractivity contribution in [3.8, 4) is 17.0 Å². The monoisotopic (exact) mass is 560 g/mol. The number of aliphatic imine (C=N–C) groups is 1. The Bertz CT molecular complexity index is 1090. The predicted molar refractivity (Wildman–Crippen MR) is 141 cm³/mol. The number of carbonyl (C=O) groups excluding carboxylic acids is 1. The number of carbonyl (C=O) groups is 1. The summed E-state index contributed by atoms with van der Waals surface area (Å²) in [4.78, 5) is 28.4. The van der Waals surface area contributed by atoms with E-state index in [1.807, 2.05) is 60.6 Å². The van der Waals surface area contributed by atoms with E-state index in [1.54, 1.807) is 11.9 Å². The molecule has 1 aliphatic heterocycles. The topological polar surface area (TPSA) is 85.8 Å². The minimum atomic E-state index is -0.0164. The van der Waals surface area contributed by atoms with Crippen LogP contribution in [0.2, 0.25) is 0 Å². The molecule has 1 amide bonds. The van der Waals surface area contributed by atoms with E-state index in [1.165, 1.54) is 0 Å². The van der Waals surface area contributed by atoms with E-state index in [0.717, 1.165) is 40.9 Å². The van der Waals surface area contributed by atoms with Crippen molar-refractivity contribution in [1.29, 1.82) is 0 Å². The molecule has 0 fully saturated rings. The Kier molecular flexibility index (Phi) is 8.70. The quantitative estimate of drug-likeness (QED) is 0.200. The highest BCUT2D eigenvalue weighted by Gasteiger charge is 2.24. The Labute approximate surface area is 211 Å². The van der Waals surface area contributed by atoms with Crippen LogP contribution in [0.15, 0.2) is 65.8 Å². The molecule has 1 aromatic heterocycles. The number of aromatic amines is 1. The third-order valence-electron chi connectivity index (χ3n) is 5.32. The molecule has 0 aliphatic carbocycles. The van der Waals surface area contributed by atoms with Gasteiger partial charge in [-0.15, -0.1) is 24.0 Å². The molecule has 0 saturated heterocycles. The first-order chi connectivity index (χ1) is 15.7. The number of hydrogen-bond donors (Lipinski definition) is 2. The van der Waals surface area contributed by atoms with E-state index in [9.17, 15) is 4.79 Å². The van der Waals surface area contributed by atoms with E-state index >= 15 is 0 Å². The van der Waals surface area contributed by atoms with Crippen molar-refractivity contribution in [2.24, 2.45) is 4.99 Å². The fraction of sp³-hybridized carbons (Fsp3) is 0.292. The second-order valence-corrected chi connectivity index (χ2v) is 7.59. The molecule has 2 aromatic carbocycles. The number of fused-ring (bicyclic) bond motifs is 1. The lowest BCUT2D eigenvalue weighted by Crippen LogP contribution is -2.42. The Balaban J connectivity index is 0.00000306. The molecule has 33 heavy (non-hydrogen) atoms. The molecule has 0 atom stereocenters. The largest absolute Gasteiger partial charge is 0.482 e. The summed E-state index contributed by atoms with van der Waals surface area (Å²) in [5, 5.41) is 3.37. The summed E-state index contributed by atoms with van der Waals surface area (Å²) < 4.78 is 5.50. The first-order valence-electron chi connectivity index (χ1n) is 10.7. The van der Waals surface area contributed by atoms with Crippen LogP contribution in [-0.4, -0.2) is 60.5 Å². The van der Waals surface area contributed by atoms with Crippen molar-refractivity contribution in [2.75, 3.05) is 38.7 Å². The number of aromatic nitrogens is 2. The van der Waals surface area contributed by atoms with Crippen LogP contribution in [0.5, 0.6) is 5.75 Å². The maximum absolute atomic E-state index is 12.3. The van der Waals surface area contributed by atoms with Crippen LogP contribution in [0.1, 0.15) is 12.2 Å². The van der Waals surface area contributed by atoms with E-state index in [-0.39, 0.29) is 36.5 Å². The van der Waals surface area contributed by atoms with Crippen molar-refractivity contribution in [3.63, 3.8) is 0 Å². The summed E-state index contributed by atoms with van der Waals surface area (Å²) in [6, 6.07) is 17.8. The van der Waals surface area contributed by atoms with Crippen LogP contribution in [0.3, 0.4) is 0 Å². The van der Waals surface area contributed by atoms with Crippen LogP contribution < -0.4 is 15.0 Å². The number of amides is 1. The maximum atomic E-state index is 12.3. The first-order valence-corrected chi connectivity index (χ1v) is 10.7. The molecule has 8 nitrogen and oxygen atoms in total. The number of guanidine groups is 1. The number of ether oxygens (including phenoxy) is 1. The zero-order valence-electron chi connectivity index (χ0n) is 18.8. The molecule has 174 valence electrons. The number of nitrogens with zero attached hydrogens (tertiary/aromatic N) is 4. The molecule has 2 N–H and O–H groups in total. The number of nitrogens with one attached hydrogen (secondary N) is 2. The second-order valence-electron chi connectivity index (χ2n) is 7.59. The number of imidazole rings is 1. The summed E-state index contributed by atoms with van der Waals surface area (Å²) in [5.74, 6) is 2.38. The van der Waals surface area contributed by atoms with Crippen LogP contribution in [0.25, 0.3) is 11.3 Å². The molecule has 1 aliphatic rings. The molecule has 0 bridgehead atoms. The normalized spacial score (nSPS) is 13.1. The number of para-hydroxylation sites is 2. The summed E-state index contributed by atoms with van der Waals surface area (Å²) in [5.41, 5.74) is 2.93. The fourth-order valence-electron chi connectivity index (χ4n) is 3.73. The molecular weight excluding hydrogens is 531 g/mol. The molecule has 2 heterocycles. The third kappa shape index (κ3) is 6.04. The summed E-state index contributed by atoms with van der Waals surface area (Å²) in [6.07, 6.45) is 2.64. The molecule has 0 radical (unpaired) electrons. The first kappa shape index (κ1) is 24.6. The second kappa shape index (κ2) is 11.7. The van der Waals surface area contributed by atoms with Gasteiger partial charge in [0, 0.05) is 27.2 Å². The molecule has 0 saturated carbocycles. The molecule has 0 spiro atoms. The smallest absolute Gasteiger partial charge is 0.265 e. The van der Waals surface area contributed by atoms with E-state index in [4.69, 9.17) is 4.74 Å². The lowest BCUT2D eigenvalue weighted by molar-refractivity contribution is -0.121. The highest BCUT2D eigenvalue weighted by molar-refractivity contribution is 14.0. The Morgan fingerprint density at radius 2 is 1.97 bits per heavy atom. The number of benzene rings is 2. The van der Waals surface area contributed by atoms with Gasteiger partial charge in [0.05, 0.1) is 24.1 Å². The Hall–Kier alpha value is -3.08. The molecule has 0 unspecified atom stereocenters. The lowest BCUT2D eigenvalue weighted by atomic mass is 10.2. The average Bonchev–Trinajstić information content (AvgIpc) is 3.29. The van der Waals surface area contributed by atoms with Crippen molar-refractivity contribution < 1.29 is 9.53 Å². The minimum absolute atomic E-state index is 0. The van der Waals surface area contributed by atoms with Crippen molar-refractivity contribution >= 4 is 41.5 Å². The van der Waals surface area contributed by atoms with Gasteiger partial charge in [0.25, 0.3) is 5.91 Å². The van der Waals surface area contributed by atoms with Crippen molar-refractivity contribution in [2.45, 2.75) is 13.0 Å². The van der Waals surface area contributed by atoms with Gasteiger partial charge >= 0.3 is 0 Å². The Morgan fingerprint density at radius 1 is 1.21 bits per heavy atom. The van der Waals surface area contributed by atoms with Gasteiger partial charge in [0.2, 0.25) is 0 Å². The number of halogens is 1. The van der Waals surface area contributed by atoms with E-state index in [0.29, 0.717) is 19.6 Å². The summed E-state index contributed by atoms with van der Waals surface area (Å²) in [7, 11) is 3.74. The lowest BCUT2D eigenvalue weighted by Gasteiger charge is -2.29. The van der Waals surface area contributed by atoms with Gasteiger partial charge in [-0.05, 0) is 24.1 Å². The summed E-state index contributed by atoms with van der Waals surface area (Å²) >= 11 is 0. The fourth-order valence-corrected chi connectivity index (χ4v) is 3.73. The van der Waals surface area contributed by atoms with Gasteiger partial charge in [-0.2, -0.15) is 0 Å². The van der Waals surface area contributed by atoms with Gasteiger partial charge in [-0.25, -0.2) is 4.98 Å². The third-order valence-corrected chi connectivity index (χ3v) is 5.32. The van der Waals surface area contributed by atoms with Gasteiger partial charge in [-0.3, -0.25) is 9.79 Å². The molecule has 9 heteroatoms. The maximum Gasteiger partial charge on any atom is 0.265 e. The van der Waals surface area contributed by atoms with Crippen LogP contribution in [0.4, 0.5) is 5.69 Å². The highest BCUT2D eigenvalue weighted by atomic mass is 127. The summed E-state index contributed by atoms with van der Waals surface area (Å²) in [6.45, 7) is 1.99. The SMILES string of the molecule is CN=C(NCCCN1C(=O)COc2ccccc21)N(C)Cc1ncc(-c2ccccc2)[nH]1.I. The van der Waals surface area contributed by atoms with E-state index < -0.39 is 0 Å². The van der Waals surface area contributed by atoms with Crippen LogP contribution in [-0.2, 0) is 11.3 Å². The van der Waals surface area contributed by atoms with Gasteiger partial charge < -0.3 is 24.8 Å². The zero-order chi connectivity index (χ0) is 22.3. The number of hydrogen-bond acceptors (Lipinski definition) is 4. The van der Waals surface area contributed by atoms with Gasteiger partial charge in [0.15, 0.2) is 12.6 Å². The number of anilines is 1. The van der Waals surface area contributed by atoms with Crippen molar-refractivity contribution in [3.05, 3.63) is 66.6 Å². The van der Waals surface area contributed by atoms with Gasteiger partial charge in [-0.1, -0.05) is 42.5 Å². The molecule has 3 aromatic rings. The predicted octanol–water partition coefficient (Wildman–Crippen LogP) is 3.52. The average molecular weight is 560 g/mol.